The van der Waals surface area contributed by atoms with E-state index in [9.17, 15) is 8.42 Å². The van der Waals surface area contributed by atoms with Crippen molar-refractivity contribution in [2.45, 2.75) is 18.7 Å². The van der Waals surface area contributed by atoms with Crippen LogP contribution in [0, 0.1) is 10.5 Å². The Morgan fingerprint density at radius 2 is 1.62 bits per heavy atom. The molecule has 2 aromatic carbocycles. The minimum absolute atomic E-state index is 0.201. The fourth-order valence-electron chi connectivity index (χ4n) is 1.65. The first kappa shape index (κ1) is 16.0. The van der Waals surface area contributed by atoms with Gasteiger partial charge in [0.1, 0.15) is 0 Å². The molecule has 0 aliphatic heterocycles. The second kappa shape index (κ2) is 6.57. The van der Waals surface area contributed by atoms with Gasteiger partial charge in [0.05, 0.1) is 10.6 Å². The van der Waals surface area contributed by atoms with Gasteiger partial charge in [0.2, 0.25) is 0 Å². The maximum Gasteiger partial charge on any atom is 0.276 e. The fourth-order valence-corrected chi connectivity index (χ4v) is 2.87. The normalized spacial score (nSPS) is 12.2. The van der Waals surface area contributed by atoms with E-state index in [0.717, 1.165) is 14.7 Å². The van der Waals surface area contributed by atoms with Crippen molar-refractivity contribution < 1.29 is 8.42 Å². The average Bonchev–Trinajstić information content (AvgIpc) is 2.46. The summed E-state index contributed by atoms with van der Waals surface area (Å²) in [5.74, 6) is 0. The molecule has 0 spiro atoms. The standard InChI is InChI=1S/C15H15IN2O2S/c1-11-3-9-15(10-4-11)21(19,20)18-17-12(2)13-5-7-14(16)8-6-13/h3-10,18H,1-2H3. The average molecular weight is 414 g/mol. The lowest BCUT2D eigenvalue weighted by molar-refractivity contribution is 0.584. The van der Waals surface area contributed by atoms with E-state index >= 15 is 0 Å². The van der Waals surface area contributed by atoms with E-state index in [1.807, 2.05) is 31.2 Å². The number of rotatable bonds is 4. The first-order valence-electron chi connectivity index (χ1n) is 6.27. The zero-order valence-corrected chi connectivity index (χ0v) is 14.6. The van der Waals surface area contributed by atoms with Gasteiger partial charge in [0.25, 0.3) is 10.0 Å². The maximum absolute atomic E-state index is 12.1. The third-order valence-corrected chi connectivity index (χ3v) is 4.87. The molecule has 2 rings (SSSR count). The third-order valence-electron chi connectivity index (χ3n) is 2.93. The van der Waals surface area contributed by atoms with E-state index in [4.69, 9.17) is 0 Å². The number of halogens is 1. The van der Waals surface area contributed by atoms with Crippen LogP contribution in [0.25, 0.3) is 0 Å². The van der Waals surface area contributed by atoms with Crippen LogP contribution in [0.15, 0.2) is 58.5 Å². The summed E-state index contributed by atoms with van der Waals surface area (Å²) in [7, 11) is -3.63. The number of nitrogens with zero attached hydrogens (tertiary/aromatic N) is 1. The van der Waals surface area contributed by atoms with Crippen LogP contribution in [0.3, 0.4) is 0 Å². The Hall–Kier alpha value is -1.41. The number of nitrogens with one attached hydrogen (secondary N) is 1. The lowest BCUT2D eigenvalue weighted by Crippen LogP contribution is -2.19. The summed E-state index contributed by atoms with van der Waals surface area (Å²) in [4.78, 5) is 2.47. The lowest BCUT2D eigenvalue weighted by atomic mass is 10.1. The molecule has 21 heavy (non-hydrogen) atoms. The lowest BCUT2D eigenvalue weighted by Gasteiger charge is -2.06. The molecule has 6 heteroatoms. The molecule has 2 aromatic rings. The highest BCUT2D eigenvalue weighted by Gasteiger charge is 2.12. The molecule has 0 fully saturated rings. The molecule has 0 atom stereocenters. The van der Waals surface area contributed by atoms with Crippen molar-refractivity contribution in [3.8, 4) is 0 Å². The molecule has 0 aliphatic carbocycles. The first-order chi connectivity index (χ1) is 9.88. The molecule has 0 radical (unpaired) electrons. The van der Waals surface area contributed by atoms with Crippen LogP contribution in [-0.4, -0.2) is 14.1 Å². The Balaban J connectivity index is 2.18. The van der Waals surface area contributed by atoms with E-state index in [1.54, 1.807) is 31.2 Å². The van der Waals surface area contributed by atoms with Crippen molar-refractivity contribution in [1.82, 2.24) is 4.83 Å². The van der Waals surface area contributed by atoms with Gasteiger partial charge in [-0.05, 0) is 66.3 Å². The van der Waals surface area contributed by atoms with E-state index in [-0.39, 0.29) is 4.90 Å². The number of aryl methyl sites for hydroxylation is 1. The Labute approximate surface area is 138 Å². The fraction of sp³-hybridized carbons (Fsp3) is 0.133. The number of benzene rings is 2. The van der Waals surface area contributed by atoms with Gasteiger partial charge in [0, 0.05) is 3.57 Å². The minimum Gasteiger partial charge on any atom is -0.200 e. The van der Waals surface area contributed by atoms with Crippen LogP contribution >= 0.6 is 22.6 Å². The number of hydrazone groups is 1. The first-order valence-corrected chi connectivity index (χ1v) is 8.83. The SMILES string of the molecule is CC(=NNS(=O)(=O)c1ccc(C)cc1)c1ccc(I)cc1. The Bertz CT molecular complexity index is 751. The minimum atomic E-state index is -3.63. The van der Waals surface area contributed by atoms with Gasteiger partial charge < -0.3 is 0 Å². The van der Waals surface area contributed by atoms with Crippen molar-refractivity contribution in [3.63, 3.8) is 0 Å². The molecule has 0 amide bonds. The predicted octanol–water partition coefficient (Wildman–Crippen LogP) is 3.30. The summed E-state index contributed by atoms with van der Waals surface area (Å²) in [6, 6.07) is 14.3. The van der Waals surface area contributed by atoms with Gasteiger partial charge in [0.15, 0.2) is 0 Å². The second-order valence-corrected chi connectivity index (χ2v) is 7.52. The molecule has 0 saturated heterocycles. The molecule has 0 unspecified atom stereocenters. The summed E-state index contributed by atoms with van der Waals surface area (Å²) >= 11 is 2.21. The van der Waals surface area contributed by atoms with Crippen molar-refractivity contribution in [3.05, 3.63) is 63.2 Å². The zero-order chi connectivity index (χ0) is 15.5. The van der Waals surface area contributed by atoms with Gasteiger partial charge in [-0.15, -0.1) is 0 Å². The van der Waals surface area contributed by atoms with Crippen LogP contribution in [0.4, 0.5) is 0 Å². The van der Waals surface area contributed by atoms with Gasteiger partial charge in [-0.2, -0.15) is 18.4 Å². The summed E-state index contributed by atoms with van der Waals surface area (Å²) in [5.41, 5.74) is 2.50. The van der Waals surface area contributed by atoms with E-state index < -0.39 is 10.0 Å². The second-order valence-electron chi connectivity index (χ2n) is 4.61. The largest absolute Gasteiger partial charge is 0.276 e. The zero-order valence-electron chi connectivity index (χ0n) is 11.7. The van der Waals surface area contributed by atoms with E-state index in [1.165, 1.54) is 0 Å². The highest BCUT2D eigenvalue weighted by atomic mass is 127. The van der Waals surface area contributed by atoms with Crippen LogP contribution in [0.2, 0.25) is 0 Å². The molecule has 0 aromatic heterocycles. The number of hydrogen-bond donors (Lipinski definition) is 1. The molecular formula is C15H15IN2O2S. The predicted molar refractivity (Wildman–Crippen MR) is 92.9 cm³/mol. The topological polar surface area (TPSA) is 58.5 Å². The summed E-state index contributed by atoms with van der Waals surface area (Å²) < 4.78 is 25.3. The molecular weight excluding hydrogens is 399 g/mol. The Morgan fingerprint density at radius 1 is 1.05 bits per heavy atom. The van der Waals surface area contributed by atoms with Gasteiger partial charge in [-0.1, -0.05) is 29.8 Å². The van der Waals surface area contributed by atoms with Crippen molar-refractivity contribution in [1.29, 1.82) is 0 Å². The smallest absolute Gasteiger partial charge is 0.200 e. The van der Waals surface area contributed by atoms with E-state index in [0.29, 0.717) is 5.71 Å². The van der Waals surface area contributed by atoms with Crippen molar-refractivity contribution in [2.75, 3.05) is 0 Å². The number of sulfonamides is 1. The maximum atomic E-state index is 12.1. The molecule has 4 nitrogen and oxygen atoms in total. The Kier molecular flexibility index (Phi) is 5.00. The van der Waals surface area contributed by atoms with Crippen LogP contribution in [0.5, 0.6) is 0 Å². The molecule has 1 N–H and O–H groups in total. The highest BCUT2D eigenvalue weighted by molar-refractivity contribution is 14.1. The van der Waals surface area contributed by atoms with Crippen LogP contribution < -0.4 is 4.83 Å². The van der Waals surface area contributed by atoms with Gasteiger partial charge in [-0.25, -0.2) is 0 Å². The van der Waals surface area contributed by atoms with Crippen LogP contribution in [0.1, 0.15) is 18.1 Å². The van der Waals surface area contributed by atoms with Crippen molar-refractivity contribution >= 4 is 38.3 Å². The summed E-state index contributed by atoms with van der Waals surface area (Å²) in [5, 5.41) is 3.97. The molecule has 0 heterocycles. The van der Waals surface area contributed by atoms with Crippen LogP contribution in [-0.2, 0) is 10.0 Å². The summed E-state index contributed by atoms with van der Waals surface area (Å²) in [6.45, 7) is 3.67. The highest BCUT2D eigenvalue weighted by Crippen LogP contribution is 2.11. The summed E-state index contributed by atoms with van der Waals surface area (Å²) in [6.07, 6.45) is 0. The number of hydrogen-bond acceptors (Lipinski definition) is 3. The Morgan fingerprint density at radius 3 is 2.19 bits per heavy atom. The molecule has 110 valence electrons. The monoisotopic (exact) mass is 414 g/mol. The van der Waals surface area contributed by atoms with Crippen molar-refractivity contribution in [2.24, 2.45) is 5.10 Å². The molecule has 0 aliphatic rings. The van der Waals surface area contributed by atoms with Gasteiger partial charge in [-0.3, -0.25) is 0 Å². The van der Waals surface area contributed by atoms with E-state index in [2.05, 4.69) is 32.5 Å². The van der Waals surface area contributed by atoms with Gasteiger partial charge >= 0.3 is 0 Å². The third kappa shape index (κ3) is 4.28. The molecule has 0 bridgehead atoms. The quantitative estimate of drug-likeness (QED) is 0.474. The molecule has 0 saturated carbocycles.